The molecule has 4 N–H and O–H groups in total. The molecular weight excluding hydrogens is 330 g/mol. The van der Waals surface area contributed by atoms with E-state index in [1.165, 1.54) is 19.1 Å². The first kappa shape index (κ1) is 17.6. The van der Waals surface area contributed by atoms with E-state index in [-0.39, 0.29) is 16.2 Å². The van der Waals surface area contributed by atoms with E-state index in [0.29, 0.717) is 16.7 Å². The molecule has 2 rings (SSSR count). The minimum atomic E-state index is -4.09. The second-order valence-electron chi connectivity index (χ2n) is 5.03. The van der Waals surface area contributed by atoms with Gasteiger partial charge in [-0.2, -0.15) is 10.2 Å². The van der Waals surface area contributed by atoms with E-state index < -0.39 is 16.2 Å². The molecule has 0 aliphatic rings. The van der Waals surface area contributed by atoms with Crippen molar-refractivity contribution in [2.75, 3.05) is 0 Å². The number of sulfonamides is 1. The summed E-state index contributed by atoms with van der Waals surface area (Å²) >= 11 is 0. The van der Waals surface area contributed by atoms with Gasteiger partial charge in [-0.25, -0.2) is 24.6 Å². The summed E-state index contributed by atoms with van der Waals surface area (Å²) < 4.78 is 23.7. The predicted octanol–water partition coefficient (Wildman–Crippen LogP) is 3.26. The van der Waals surface area contributed by atoms with Crippen molar-refractivity contribution in [1.82, 2.24) is 0 Å². The summed E-state index contributed by atoms with van der Waals surface area (Å²) in [6.07, 6.45) is -1.32. The SMILES string of the molecule is CC(=O)c1ccc(-c2cccc(S(N)(=O)=O)c2C(N=N)N=N)cc1. The second-order valence-corrected chi connectivity index (χ2v) is 6.56. The molecule has 0 unspecified atom stereocenters. The van der Waals surface area contributed by atoms with Gasteiger partial charge in [0.1, 0.15) is 0 Å². The lowest BCUT2D eigenvalue weighted by atomic mass is 9.96. The monoisotopic (exact) mass is 345 g/mol. The van der Waals surface area contributed by atoms with E-state index in [2.05, 4.69) is 10.2 Å². The third kappa shape index (κ3) is 3.42. The molecule has 0 saturated carbocycles. The highest BCUT2D eigenvalue weighted by molar-refractivity contribution is 7.89. The number of Topliss-reactive ketones (excluding diaryl/α,β-unsaturated/α-hetero) is 1. The Morgan fingerprint density at radius 2 is 1.67 bits per heavy atom. The molecule has 24 heavy (non-hydrogen) atoms. The average Bonchev–Trinajstić information content (AvgIpc) is 2.55. The molecule has 8 nitrogen and oxygen atoms in total. The number of nitrogens with two attached hydrogens (primary N) is 1. The number of benzene rings is 2. The van der Waals surface area contributed by atoms with Crippen LogP contribution in [0.25, 0.3) is 11.1 Å². The van der Waals surface area contributed by atoms with E-state index in [4.69, 9.17) is 16.2 Å². The van der Waals surface area contributed by atoms with E-state index in [9.17, 15) is 13.2 Å². The van der Waals surface area contributed by atoms with Gasteiger partial charge in [0, 0.05) is 11.1 Å². The summed E-state index contributed by atoms with van der Waals surface area (Å²) in [6.45, 7) is 1.44. The maximum absolute atomic E-state index is 11.8. The van der Waals surface area contributed by atoms with Crippen LogP contribution >= 0.6 is 0 Å². The fourth-order valence-corrected chi connectivity index (χ4v) is 3.14. The average molecular weight is 345 g/mol. The number of carbonyl (C=O) groups is 1. The molecular formula is C15H15N5O3S. The largest absolute Gasteiger partial charge is 0.295 e. The standard InChI is InChI=1S/C15H15N5O3S/c1-9(21)10-5-7-11(8-6-10)12-3-2-4-13(24(18,22)23)14(12)15(19-16)20-17/h2-8,15-17H,1H3,(H2,18,22,23). The van der Waals surface area contributed by atoms with E-state index in [1.54, 1.807) is 30.3 Å². The minimum Gasteiger partial charge on any atom is -0.295 e. The fourth-order valence-electron chi connectivity index (χ4n) is 2.35. The number of nitrogens with one attached hydrogen (secondary N) is 2. The Labute approximate surface area is 138 Å². The van der Waals surface area contributed by atoms with Crippen molar-refractivity contribution in [3.63, 3.8) is 0 Å². The quantitative estimate of drug-likeness (QED) is 0.544. The van der Waals surface area contributed by atoms with Crippen LogP contribution in [0.15, 0.2) is 57.6 Å². The van der Waals surface area contributed by atoms with Gasteiger partial charge < -0.3 is 0 Å². The molecule has 0 bridgehead atoms. The molecule has 0 heterocycles. The van der Waals surface area contributed by atoms with Gasteiger partial charge in [0.25, 0.3) is 0 Å². The van der Waals surface area contributed by atoms with Crippen molar-refractivity contribution in [3.05, 3.63) is 53.6 Å². The highest BCUT2D eigenvalue weighted by atomic mass is 32.2. The maximum atomic E-state index is 11.8. The molecule has 0 radical (unpaired) electrons. The van der Waals surface area contributed by atoms with Crippen LogP contribution < -0.4 is 5.14 Å². The van der Waals surface area contributed by atoms with E-state index in [0.717, 1.165) is 0 Å². The molecule has 2 aromatic carbocycles. The van der Waals surface area contributed by atoms with Gasteiger partial charge in [-0.1, -0.05) is 36.4 Å². The molecule has 0 saturated heterocycles. The number of ketones is 1. The van der Waals surface area contributed by atoms with Gasteiger partial charge in [-0.05, 0) is 24.1 Å². The maximum Gasteiger partial charge on any atom is 0.238 e. The van der Waals surface area contributed by atoms with E-state index in [1.807, 2.05) is 0 Å². The molecule has 9 heteroatoms. The first-order valence-electron chi connectivity index (χ1n) is 6.79. The van der Waals surface area contributed by atoms with Crippen LogP contribution in [-0.2, 0) is 10.0 Å². The smallest absolute Gasteiger partial charge is 0.238 e. The lowest BCUT2D eigenvalue weighted by molar-refractivity contribution is 0.101. The van der Waals surface area contributed by atoms with Crippen LogP contribution in [0.1, 0.15) is 29.0 Å². The van der Waals surface area contributed by atoms with Crippen molar-refractivity contribution in [2.24, 2.45) is 15.4 Å². The molecule has 0 fully saturated rings. The highest BCUT2D eigenvalue weighted by Crippen LogP contribution is 2.35. The van der Waals surface area contributed by atoms with Crippen LogP contribution in [0.4, 0.5) is 0 Å². The third-order valence-corrected chi connectivity index (χ3v) is 4.45. The molecule has 2 aromatic rings. The Hall–Kier alpha value is -2.78. The summed E-state index contributed by atoms with van der Waals surface area (Å²) in [5, 5.41) is 11.6. The number of hydrogen-bond donors (Lipinski definition) is 3. The van der Waals surface area contributed by atoms with Crippen molar-refractivity contribution in [3.8, 4) is 11.1 Å². The predicted molar refractivity (Wildman–Crippen MR) is 86.3 cm³/mol. The molecule has 0 atom stereocenters. The Bertz CT molecular complexity index is 899. The van der Waals surface area contributed by atoms with Crippen LogP contribution in [-0.4, -0.2) is 14.2 Å². The van der Waals surface area contributed by atoms with Gasteiger partial charge in [0.15, 0.2) is 5.78 Å². The molecule has 0 spiro atoms. The Balaban J connectivity index is 2.76. The lowest BCUT2D eigenvalue weighted by Crippen LogP contribution is -2.16. The Morgan fingerprint density at radius 3 is 2.12 bits per heavy atom. The van der Waals surface area contributed by atoms with Gasteiger partial charge in [0.05, 0.1) is 4.90 Å². The fraction of sp³-hybridized carbons (Fsp3) is 0.133. The Kier molecular flexibility index (Phi) is 4.96. The Morgan fingerprint density at radius 1 is 1.08 bits per heavy atom. The zero-order valence-electron chi connectivity index (χ0n) is 12.7. The minimum absolute atomic E-state index is 0.0561. The van der Waals surface area contributed by atoms with Crippen LogP contribution in [0.2, 0.25) is 0 Å². The summed E-state index contributed by atoms with van der Waals surface area (Å²) in [5.41, 5.74) is 15.9. The number of primary sulfonamides is 1. The highest BCUT2D eigenvalue weighted by Gasteiger charge is 2.24. The molecule has 0 amide bonds. The van der Waals surface area contributed by atoms with Gasteiger partial charge in [0.2, 0.25) is 16.2 Å². The molecule has 0 aromatic heterocycles. The normalized spacial score (nSPS) is 12.4. The lowest BCUT2D eigenvalue weighted by Gasteiger charge is -2.15. The summed E-state index contributed by atoms with van der Waals surface area (Å²) in [4.78, 5) is 11.1. The number of nitrogens with zero attached hydrogens (tertiary/aromatic N) is 2. The van der Waals surface area contributed by atoms with Crippen LogP contribution in [0.5, 0.6) is 0 Å². The van der Waals surface area contributed by atoms with Crippen molar-refractivity contribution in [1.29, 1.82) is 11.1 Å². The molecule has 124 valence electrons. The van der Waals surface area contributed by atoms with Crippen molar-refractivity contribution < 1.29 is 13.2 Å². The summed E-state index contributed by atoms with van der Waals surface area (Å²) in [5.74, 6) is -0.0970. The second kappa shape index (κ2) is 6.77. The van der Waals surface area contributed by atoms with Crippen LogP contribution in [0.3, 0.4) is 0 Å². The number of rotatable bonds is 6. The van der Waals surface area contributed by atoms with Gasteiger partial charge in [-0.3, -0.25) is 4.79 Å². The van der Waals surface area contributed by atoms with Crippen molar-refractivity contribution >= 4 is 15.8 Å². The first-order valence-corrected chi connectivity index (χ1v) is 8.34. The first-order chi connectivity index (χ1) is 11.3. The van der Waals surface area contributed by atoms with Gasteiger partial charge in [-0.15, -0.1) is 0 Å². The summed E-state index contributed by atoms with van der Waals surface area (Å²) in [6, 6.07) is 10.9. The summed E-state index contributed by atoms with van der Waals surface area (Å²) in [7, 11) is -4.09. The molecule has 0 aliphatic carbocycles. The third-order valence-electron chi connectivity index (χ3n) is 3.48. The van der Waals surface area contributed by atoms with Crippen LogP contribution in [0, 0.1) is 11.1 Å². The topological polar surface area (TPSA) is 150 Å². The molecule has 0 aliphatic heterocycles. The zero-order valence-corrected chi connectivity index (χ0v) is 13.5. The van der Waals surface area contributed by atoms with Gasteiger partial charge >= 0.3 is 0 Å². The van der Waals surface area contributed by atoms with Crippen molar-refractivity contribution in [2.45, 2.75) is 18.0 Å². The number of carbonyl (C=O) groups excluding carboxylic acids is 1. The zero-order chi connectivity index (χ0) is 17.9. The number of hydrogen-bond acceptors (Lipinski definition) is 7. The van der Waals surface area contributed by atoms with E-state index >= 15 is 0 Å².